The average Bonchev–Trinajstić information content (AvgIpc) is 2.89. The van der Waals surface area contributed by atoms with Crippen LogP contribution in [0.4, 0.5) is 0 Å². The van der Waals surface area contributed by atoms with Crippen molar-refractivity contribution in [2.75, 3.05) is 6.61 Å². The molecule has 4 unspecified atom stereocenters. The van der Waals surface area contributed by atoms with E-state index in [0.717, 1.165) is 26.0 Å². The Labute approximate surface area is 116 Å². The van der Waals surface area contributed by atoms with E-state index in [4.69, 9.17) is 4.74 Å². The minimum absolute atomic E-state index is 0.277. The van der Waals surface area contributed by atoms with Gasteiger partial charge >= 0.3 is 0 Å². The second-order valence-electron chi connectivity index (χ2n) is 5.92. The van der Waals surface area contributed by atoms with Crippen molar-refractivity contribution in [2.45, 2.75) is 65.3 Å². The maximum absolute atomic E-state index is 5.85. The molecule has 19 heavy (non-hydrogen) atoms. The predicted octanol–water partition coefficient (Wildman–Crippen LogP) is 2.45. The molecule has 1 aromatic rings. The molecule has 0 radical (unpaired) electrons. The van der Waals surface area contributed by atoms with Crippen LogP contribution in [-0.4, -0.2) is 34.3 Å². The van der Waals surface area contributed by atoms with Gasteiger partial charge < -0.3 is 14.6 Å². The second-order valence-corrected chi connectivity index (χ2v) is 5.92. The van der Waals surface area contributed by atoms with Crippen molar-refractivity contribution in [3.63, 3.8) is 0 Å². The van der Waals surface area contributed by atoms with Gasteiger partial charge in [0.2, 0.25) is 0 Å². The van der Waals surface area contributed by atoms with Crippen molar-refractivity contribution in [1.29, 1.82) is 0 Å². The molecule has 1 fully saturated rings. The van der Waals surface area contributed by atoms with Crippen LogP contribution < -0.4 is 5.32 Å². The summed E-state index contributed by atoms with van der Waals surface area (Å²) < 4.78 is 7.97. The van der Waals surface area contributed by atoms with Crippen LogP contribution in [0.2, 0.25) is 0 Å². The highest BCUT2D eigenvalue weighted by Crippen LogP contribution is 2.46. The number of nitrogens with zero attached hydrogens (tertiary/aromatic N) is 2. The van der Waals surface area contributed by atoms with Crippen LogP contribution in [0, 0.1) is 5.41 Å². The number of aromatic nitrogens is 2. The molecule has 1 aliphatic rings. The number of hydrogen-bond donors (Lipinski definition) is 1. The van der Waals surface area contributed by atoms with Gasteiger partial charge in [0.15, 0.2) is 0 Å². The first-order chi connectivity index (χ1) is 9.10. The molecule has 4 atom stereocenters. The molecule has 4 heteroatoms. The Bertz CT molecular complexity index is 379. The minimum Gasteiger partial charge on any atom is -0.378 e. The first kappa shape index (κ1) is 14.5. The summed E-state index contributed by atoms with van der Waals surface area (Å²) in [5.41, 5.74) is 0.277. The molecule has 1 heterocycles. The molecule has 1 aromatic heterocycles. The minimum atomic E-state index is 0.277. The van der Waals surface area contributed by atoms with E-state index in [0.29, 0.717) is 18.2 Å². The van der Waals surface area contributed by atoms with E-state index in [1.54, 1.807) is 0 Å². The summed E-state index contributed by atoms with van der Waals surface area (Å²) in [6, 6.07) is 1.01. The molecule has 2 rings (SSSR count). The maximum Gasteiger partial charge on any atom is 0.0946 e. The molecule has 0 amide bonds. The highest BCUT2D eigenvalue weighted by molar-refractivity contribution is 5.05. The molecule has 0 bridgehead atoms. The van der Waals surface area contributed by atoms with Crippen molar-refractivity contribution in [3.8, 4) is 0 Å². The maximum atomic E-state index is 5.85. The summed E-state index contributed by atoms with van der Waals surface area (Å²) in [5.74, 6) is 0. The van der Waals surface area contributed by atoms with E-state index >= 15 is 0 Å². The number of hydrogen-bond acceptors (Lipinski definition) is 3. The van der Waals surface area contributed by atoms with Crippen molar-refractivity contribution < 1.29 is 4.74 Å². The van der Waals surface area contributed by atoms with Crippen molar-refractivity contribution in [1.82, 2.24) is 14.9 Å². The standard InChI is InChI=1S/C15H27N3O/c1-5-15(4)13(9-14(15)19-6-2)17-12(3)10-18-8-7-16-11-18/h7-8,11-14,17H,5-6,9-10H2,1-4H3. The summed E-state index contributed by atoms with van der Waals surface area (Å²) in [6.07, 6.45) is 8.43. The summed E-state index contributed by atoms with van der Waals surface area (Å²) in [6.45, 7) is 10.7. The lowest BCUT2D eigenvalue weighted by molar-refractivity contribution is -0.128. The normalized spacial score (nSPS) is 32.0. The molecule has 4 nitrogen and oxygen atoms in total. The topological polar surface area (TPSA) is 39.1 Å². The molecular formula is C15H27N3O. The van der Waals surface area contributed by atoms with E-state index in [1.165, 1.54) is 0 Å². The van der Waals surface area contributed by atoms with Crippen molar-refractivity contribution in [3.05, 3.63) is 18.7 Å². The van der Waals surface area contributed by atoms with Gasteiger partial charge in [-0.05, 0) is 26.7 Å². The Morgan fingerprint density at radius 2 is 2.32 bits per heavy atom. The Morgan fingerprint density at radius 3 is 2.89 bits per heavy atom. The van der Waals surface area contributed by atoms with Crippen LogP contribution in [-0.2, 0) is 11.3 Å². The fourth-order valence-electron chi connectivity index (χ4n) is 3.12. The molecule has 0 aliphatic heterocycles. The quantitative estimate of drug-likeness (QED) is 0.823. The Balaban J connectivity index is 1.86. The predicted molar refractivity (Wildman–Crippen MR) is 77.0 cm³/mol. The fourth-order valence-corrected chi connectivity index (χ4v) is 3.12. The van der Waals surface area contributed by atoms with Gasteiger partial charge in [0.05, 0.1) is 12.4 Å². The summed E-state index contributed by atoms with van der Waals surface area (Å²) in [4.78, 5) is 4.08. The fraction of sp³-hybridized carbons (Fsp3) is 0.800. The van der Waals surface area contributed by atoms with Crippen LogP contribution >= 0.6 is 0 Å². The van der Waals surface area contributed by atoms with Gasteiger partial charge in [0.25, 0.3) is 0 Å². The lowest BCUT2D eigenvalue weighted by Gasteiger charge is -2.54. The molecule has 108 valence electrons. The third kappa shape index (κ3) is 3.00. The SMILES string of the molecule is CCOC1CC(NC(C)Cn2ccnc2)C1(C)CC. The summed E-state index contributed by atoms with van der Waals surface area (Å²) in [7, 11) is 0. The summed E-state index contributed by atoms with van der Waals surface area (Å²) in [5, 5.41) is 3.76. The van der Waals surface area contributed by atoms with Gasteiger partial charge in [0.1, 0.15) is 0 Å². The second kappa shape index (κ2) is 6.06. The zero-order chi connectivity index (χ0) is 13.9. The molecule has 1 aliphatic carbocycles. The van der Waals surface area contributed by atoms with Gasteiger partial charge in [0, 0.05) is 43.0 Å². The van der Waals surface area contributed by atoms with Crippen LogP contribution in [0.25, 0.3) is 0 Å². The molecule has 0 saturated heterocycles. The van der Waals surface area contributed by atoms with E-state index in [1.807, 2.05) is 18.7 Å². The Morgan fingerprint density at radius 1 is 1.53 bits per heavy atom. The number of nitrogens with one attached hydrogen (secondary N) is 1. The van der Waals surface area contributed by atoms with E-state index < -0.39 is 0 Å². The van der Waals surface area contributed by atoms with Gasteiger partial charge in [-0.15, -0.1) is 0 Å². The number of ether oxygens (including phenoxy) is 1. The van der Waals surface area contributed by atoms with Crippen LogP contribution in [0.15, 0.2) is 18.7 Å². The van der Waals surface area contributed by atoms with Gasteiger partial charge in [-0.1, -0.05) is 13.8 Å². The first-order valence-corrected chi connectivity index (χ1v) is 7.43. The molecule has 1 N–H and O–H groups in total. The molecule has 0 spiro atoms. The van der Waals surface area contributed by atoms with Gasteiger partial charge in [-0.25, -0.2) is 4.98 Å². The van der Waals surface area contributed by atoms with Crippen molar-refractivity contribution in [2.24, 2.45) is 5.41 Å². The smallest absolute Gasteiger partial charge is 0.0946 e. The van der Waals surface area contributed by atoms with Gasteiger partial charge in [-0.3, -0.25) is 0 Å². The Kier molecular flexibility index (Phi) is 4.63. The number of imidazole rings is 1. The lowest BCUT2D eigenvalue weighted by Crippen LogP contribution is -2.63. The van der Waals surface area contributed by atoms with Gasteiger partial charge in [-0.2, -0.15) is 0 Å². The van der Waals surface area contributed by atoms with E-state index in [-0.39, 0.29) is 5.41 Å². The van der Waals surface area contributed by atoms with E-state index in [2.05, 4.69) is 42.6 Å². The largest absolute Gasteiger partial charge is 0.378 e. The highest BCUT2D eigenvalue weighted by Gasteiger charge is 2.51. The monoisotopic (exact) mass is 265 g/mol. The van der Waals surface area contributed by atoms with Crippen LogP contribution in [0.5, 0.6) is 0 Å². The lowest BCUT2D eigenvalue weighted by atomic mass is 9.61. The summed E-state index contributed by atoms with van der Waals surface area (Å²) >= 11 is 0. The highest BCUT2D eigenvalue weighted by atomic mass is 16.5. The Hall–Kier alpha value is -0.870. The van der Waals surface area contributed by atoms with Crippen LogP contribution in [0.3, 0.4) is 0 Å². The number of rotatable bonds is 7. The zero-order valence-electron chi connectivity index (χ0n) is 12.6. The third-order valence-electron chi connectivity index (χ3n) is 4.64. The first-order valence-electron chi connectivity index (χ1n) is 7.43. The van der Waals surface area contributed by atoms with E-state index in [9.17, 15) is 0 Å². The van der Waals surface area contributed by atoms with Crippen LogP contribution in [0.1, 0.15) is 40.5 Å². The third-order valence-corrected chi connectivity index (χ3v) is 4.64. The average molecular weight is 265 g/mol. The zero-order valence-corrected chi connectivity index (χ0v) is 12.6. The molecule has 1 saturated carbocycles. The molecule has 0 aromatic carbocycles. The van der Waals surface area contributed by atoms with Crippen molar-refractivity contribution >= 4 is 0 Å². The molecular weight excluding hydrogens is 238 g/mol.